The van der Waals surface area contributed by atoms with E-state index in [1.807, 2.05) is 4.57 Å². The van der Waals surface area contributed by atoms with Crippen molar-refractivity contribution in [2.75, 3.05) is 6.54 Å². The summed E-state index contributed by atoms with van der Waals surface area (Å²) in [6, 6.07) is 3.24. The molecule has 0 aromatic carbocycles. The van der Waals surface area contributed by atoms with E-state index in [4.69, 9.17) is 5.11 Å². The van der Waals surface area contributed by atoms with E-state index < -0.39 is 5.97 Å². The van der Waals surface area contributed by atoms with Crippen molar-refractivity contribution < 1.29 is 14.7 Å². The van der Waals surface area contributed by atoms with Gasteiger partial charge in [-0.3, -0.25) is 9.59 Å². The van der Waals surface area contributed by atoms with Crippen LogP contribution in [0.3, 0.4) is 0 Å². The van der Waals surface area contributed by atoms with Crippen molar-refractivity contribution in [1.29, 1.82) is 0 Å². The third kappa shape index (κ3) is 3.44. The number of carboxylic acids is 1. The second-order valence-corrected chi connectivity index (χ2v) is 3.97. The summed E-state index contributed by atoms with van der Waals surface area (Å²) in [6.45, 7) is 0.843. The Labute approximate surface area is 109 Å². The Balaban J connectivity index is 1.89. The van der Waals surface area contributed by atoms with E-state index in [1.165, 1.54) is 4.57 Å². The molecule has 0 aliphatic rings. The predicted molar refractivity (Wildman–Crippen MR) is 66.6 cm³/mol. The Morgan fingerprint density at radius 3 is 2.89 bits per heavy atom. The van der Waals surface area contributed by atoms with Crippen LogP contribution in [0.1, 0.15) is 10.5 Å². The first-order chi connectivity index (χ1) is 9.16. The van der Waals surface area contributed by atoms with Crippen molar-refractivity contribution in [2.45, 2.75) is 13.1 Å². The van der Waals surface area contributed by atoms with Crippen LogP contribution in [-0.2, 0) is 17.9 Å². The van der Waals surface area contributed by atoms with E-state index in [0.717, 1.165) is 0 Å². The molecule has 7 heteroatoms. The van der Waals surface area contributed by atoms with Gasteiger partial charge in [0.2, 0.25) is 0 Å². The molecule has 2 N–H and O–H groups in total. The largest absolute Gasteiger partial charge is 0.480 e. The van der Waals surface area contributed by atoms with Crippen LogP contribution in [0.25, 0.3) is 0 Å². The molecule has 0 radical (unpaired) electrons. The molecule has 2 rings (SSSR count). The lowest BCUT2D eigenvalue weighted by Crippen LogP contribution is -2.29. The first-order valence-electron chi connectivity index (χ1n) is 5.77. The van der Waals surface area contributed by atoms with Crippen LogP contribution in [0.15, 0.2) is 37.1 Å². The summed E-state index contributed by atoms with van der Waals surface area (Å²) in [7, 11) is 0. The van der Waals surface area contributed by atoms with E-state index in [0.29, 0.717) is 18.8 Å². The molecule has 0 aliphatic heterocycles. The van der Waals surface area contributed by atoms with Gasteiger partial charge in [-0.15, -0.1) is 0 Å². The number of carbonyl (C=O) groups excluding carboxylic acids is 1. The maximum atomic E-state index is 11.9. The Morgan fingerprint density at radius 1 is 1.37 bits per heavy atom. The third-order valence-corrected chi connectivity index (χ3v) is 2.58. The van der Waals surface area contributed by atoms with Crippen LogP contribution in [0, 0.1) is 0 Å². The minimum absolute atomic E-state index is 0.225. The number of nitrogens with one attached hydrogen (secondary N) is 1. The van der Waals surface area contributed by atoms with Gasteiger partial charge < -0.3 is 19.6 Å². The monoisotopic (exact) mass is 262 g/mol. The Hall–Kier alpha value is -2.57. The highest BCUT2D eigenvalue weighted by Gasteiger charge is 2.11. The molecule has 0 saturated heterocycles. The fourth-order valence-electron chi connectivity index (χ4n) is 1.71. The van der Waals surface area contributed by atoms with Crippen molar-refractivity contribution in [2.24, 2.45) is 0 Å². The average Bonchev–Trinajstić information content (AvgIpc) is 2.99. The lowest BCUT2D eigenvalue weighted by Gasteiger charge is -2.08. The summed E-state index contributed by atoms with van der Waals surface area (Å²) >= 11 is 0. The van der Waals surface area contributed by atoms with Gasteiger partial charge in [0, 0.05) is 31.7 Å². The highest BCUT2D eigenvalue weighted by molar-refractivity contribution is 5.93. The summed E-state index contributed by atoms with van der Waals surface area (Å²) in [6.07, 6.45) is 6.71. The molecule has 0 bridgehead atoms. The van der Waals surface area contributed by atoms with Gasteiger partial charge in [0.25, 0.3) is 5.91 Å². The molecule has 0 atom stereocenters. The van der Waals surface area contributed by atoms with Crippen molar-refractivity contribution >= 4 is 11.9 Å². The summed E-state index contributed by atoms with van der Waals surface area (Å²) in [5.41, 5.74) is 0.341. The number of aromatic nitrogens is 3. The summed E-state index contributed by atoms with van der Waals surface area (Å²) in [5.74, 6) is -1.27. The summed E-state index contributed by atoms with van der Waals surface area (Å²) in [4.78, 5) is 26.4. The summed E-state index contributed by atoms with van der Waals surface area (Å²) < 4.78 is 3.24. The van der Waals surface area contributed by atoms with E-state index in [2.05, 4.69) is 10.3 Å². The lowest BCUT2D eigenvalue weighted by molar-refractivity contribution is -0.137. The van der Waals surface area contributed by atoms with E-state index in [-0.39, 0.29) is 12.5 Å². The molecule has 2 aromatic heterocycles. The van der Waals surface area contributed by atoms with Crippen LogP contribution < -0.4 is 5.32 Å². The van der Waals surface area contributed by atoms with Crippen molar-refractivity contribution in [3.63, 3.8) is 0 Å². The topological polar surface area (TPSA) is 89.1 Å². The quantitative estimate of drug-likeness (QED) is 0.778. The summed E-state index contributed by atoms with van der Waals surface area (Å²) in [5, 5.41) is 11.5. The van der Waals surface area contributed by atoms with Crippen LogP contribution >= 0.6 is 0 Å². The van der Waals surface area contributed by atoms with Crippen molar-refractivity contribution in [1.82, 2.24) is 19.4 Å². The lowest BCUT2D eigenvalue weighted by atomic mass is 10.4. The number of hydrogen-bond donors (Lipinski definition) is 2. The maximum absolute atomic E-state index is 11.9. The van der Waals surface area contributed by atoms with E-state index in [9.17, 15) is 9.59 Å². The smallest absolute Gasteiger partial charge is 0.323 e. The molecule has 2 aromatic rings. The zero-order valence-electron chi connectivity index (χ0n) is 10.2. The highest BCUT2D eigenvalue weighted by Crippen LogP contribution is 2.02. The molecular weight excluding hydrogens is 248 g/mol. The first kappa shape index (κ1) is 12.9. The van der Waals surface area contributed by atoms with Gasteiger partial charge in [-0.05, 0) is 12.1 Å². The normalized spacial score (nSPS) is 10.3. The van der Waals surface area contributed by atoms with Gasteiger partial charge in [-0.25, -0.2) is 4.98 Å². The van der Waals surface area contributed by atoms with Gasteiger partial charge in [0.15, 0.2) is 0 Å². The highest BCUT2D eigenvalue weighted by atomic mass is 16.4. The number of nitrogens with zero attached hydrogens (tertiary/aromatic N) is 3. The number of amides is 1. The number of imidazole rings is 1. The van der Waals surface area contributed by atoms with Crippen LogP contribution in [0.2, 0.25) is 0 Å². The minimum Gasteiger partial charge on any atom is -0.480 e. The fourth-order valence-corrected chi connectivity index (χ4v) is 1.71. The standard InChI is InChI=1S/C12H14N4O3/c17-11(18)8-16-5-1-2-10(16)12(19)14-4-7-15-6-3-13-9-15/h1-3,5-6,9H,4,7-8H2,(H,14,19)(H,17,18). The Kier molecular flexibility index (Phi) is 3.97. The minimum atomic E-state index is -0.983. The Bertz CT molecular complexity index is 559. The van der Waals surface area contributed by atoms with E-state index in [1.54, 1.807) is 37.1 Å². The van der Waals surface area contributed by atoms with Crippen LogP contribution in [-0.4, -0.2) is 37.6 Å². The Morgan fingerprint density at radius 2 is 2.21 bits per heavy atom. The van der Waals surface area contributed by atoms with Crippen molar-refractivity contribution in [3.05, 3.63) is 42.7 Å². The second kappa shape index (κ2) is 5.85. The van der Waals surface area contributed by atoms with Gasteiger partial charge in [0.1, 0.15) is 12.2 Å². The third-order valence-electron chi connectivity index (χ3n) is 2.58. The number of carbonyl (C=O) groups is 2. The van der Waals surface area contributed by atoms with Crippen molar-refractivity contribution in [3.8, 4) is 0 Å². The van der Waals surface area contributed by atoms with Gasteiger partial charge in [0.05, 0.1) is 6.33 Å². The zero-order chi connectivity index (χ0) is 13.7. The van der Waals surface area contributed by atoms with Gasteiger partial charge in [-0.1, -0.05) is 0 Å². The number of carboxylic acid groups (broad SMARTS) is 1. The molecule has 19 heavy (non-hydrogen) atoms. The molecule has 0 saturated carbocycles. The van der Waals surface area contributed by atoms with Crippen LogP contribution in [0.5, 0.6) is 0 Å². The van der Waals surface area contributed by atoms with Gasteiger partial charge in [-0.2, -0.15) is 0 Å². The number of hydrogen-bond acceptors (Lipinski definition) is 3. The molecule has 7 nitrogen and oxygen atoms in total. The number of aliphatic carboxylic acids is 1. The second-order valence-electron chi connectivity index (χ2n) is 3.97. The number of rotatable bonds is 6. The SMILES string of the molecule is O=C(O)Cn1cccc1C(=O)NCCn1ccnc1. The molecule has 1 amide bonds. The molecular formula is C12H14N4O3. The molecule has 0 aliphatic carbocycles. The molecule has 0 unspecified atom stereocenters. The maximum Gasteiger partial charge on any atom is 0.323 e. The average molecular weight is 262 g/mol. The fraction of sp³-hybridized carbons (Fsp3) is 0.250. The van der Waals surface area contributed by atoms with Gasteiger partial charge >= 0.3 is 5.97 Å². The first-order valence-corrected chi connectivity index (χ1v) is 5.77. The molecule has 2 heterocycles. The zero-order valence-corrected chi connectivity index (χ0v) is 10.2. The molecule has 0 fully saturated rings. The predicted octanol–water partition coefficient (Wildman–Crippen LogP) is 0.199. The molecule has 100 valence electrons. The van der Waals surface area contributed by atoms with E-state index >= 15 is 0 Å². The molecule has 0 spiro atoms. The van der Waals surface area contributed by atoms with Crippen LogP contribution in [0.4, 0.5) is 0 Å².